The van der Waals surface area contributed by atoms with E-state index < -0.39 is 0 Å². The fraction of sp³-hybridized carbons (Fsp3) is 0.0385. The standard InChI is InChI=1S/C13H9.C6H5.C5H5.CH3.CH2.2ClH.Zr/c1-3-7-12-10(5-1)9-11-6-2-4-8-13(11)12;1-2-4-6-5-3-1;1-2-4-5-3-1;;;;;/h1-9H;1-5H;1-3H,4H2;1H3;1H2;2*1H;/q4*-1;;;;. The molecule has 1 aliphatic rings. The largest absolute Gasteiger partial charge is 0.358 e. The van der Waals surface area contributed by atoms with Crippen LogP contribution in [0.5, 0.6) is 0 Å². The third-order valence-corrected chi connectivity index (χ3v) is 3.72. The predicted molar refractivity (Wildman–Crippen MR) is 132 cm³/mol. The van der Waals surface area contributed by atoms with Crippen molar-refractivity contribution in [3.05, 3.63) is 123 Å². The van der Waals surface area contributed by atoms with E-state index in [0.29, 0.717) is 0 Å². The van der Waals surface area contributed by atoms with E-state index in [4.69, 9.17) is 0 Å². The number of allylic oxidation sites excluding steroid dienone is 4. The van der Waals surface area contributed by atoms with Crippen LogP contribution in [-0.4, -0.2) is 4.21 Å². The summed E-state index contributed by atoms with van der Waals surface area (Å²) in [7, 11) is 0. The van der Waals surface area contributed by atoms with Gasteiger partial charge in [0.1, 0.15) is 0 Å². The summed E-state index contributed by atoms with van der Waals surface area (Å²) in [5.41, 5.74) is 0. The summed E-state index contributed by atoms with van der Waals surface area (Å²) >= 11 is 1.30. The van der Waals surface area contributed by atoms with Crippen molar-refractivity contribution in [1.82, 2.24) is 0 Å². The van der Waals surface area contributed by atoms with E-state index in [1.165, 1.54) is 45.8 Å². The van der Waals surface area contributed by atoms with Gasteiger partial charge in [0.25, 0.3) is 0 Å². The third-order valence-electron chi connectivity index (χ3n) is 3.72. The second-order valence-corrected chi connectivity index (χ2v) is 5.40. The monoisotopic (exact) mass is 498 g/mol. The van der Waals surface area contributed by atoms with Crippen molar-refractivity contribution in [2.75, 3.05) is 0 Å². The van der Waals surface area contributed by atoms with Crippen LogP contribution in [0.25, 0.3) is 21.5 Å². The van der Waals surface area contributed by atoms with Crippen LogP contribution in [0.15, 0.2) is 103 Å². The molecule has 0 radical (unpaired) electrons. The molecular weight excluding hydrogens is 474 g/mol. The molecule has 3 heteroatoms. The molecule has 0 amide bonds. The molecule has 4 aromatic rings. The zero-order valence-corrected chi connectivity index (χ0v) is 20.6. The average molecular weight is 501 g/mol. The first-order valence-corrected chi connectivity index (χ1v) is 10.2. The fourth-order valence-electron chi connectivity index (χ4n) is 2.59. The molecule has 0 fully saturated rings. The van der Waals surface area contributed by atoms with Crippen molar-refractivity contribution in [3.8, 4) is 0 Å². The Kier molecular flexibility index (Phi) is 18.7. The van der Waals surface area contributed by atoms with Crippen LogP contribution in [0.2, 0.25) is 0 Å². The number of halogens is 2. The summed E-state index contributed by atoms with van der Waals surface area (Å²) in [6.07, 6.45) is 10.0. The first-order chi connectivity index (χ1) is 12.9. The quantitative estimate of drug-likeness (QED) is 0.216. The van der Waals surface area contributed by atoms with Gasteiger partial charge in [-0.25, -0.2) is 12.2 Å². The molecule has 0 nitrogen and oxygen atoms in total. The van der Waals surface area contributed by atoms with Gasteiger partial charge in [0.05, 0.1) is 0 Å². The van der Waals surface area contributed by atoms with Crippen LogP contribution >= 0.6 is 24.8 Å². The van der Waals surface area contributed by atoms with Gasteiger partial charge >= 0.3 is 28.4 Å². The van der Waals surface area contributed by atoms with E-state index in [0.717, 1.165) is 6.42 Å². The van der Waals surface area contributed by atoms with Crippen molar-refractivity contribution in [2.24, 2.45) is 0 Å². The Balaban J connectivity index is 0. The van der Waals surface area contributed by atoms with E-state index in [-0.39, 0.29) is 32.2 Å². The molecule has 0 bridgehead atoms. The Hall–Kier alpha value is -1.66. The summed E-state index contributed by atoms with van der Waals surface area (Å²) in [4.78, 5) is 0. The first-order valence-electron chi connectivity index (χ1n) is 8.46. The molecule has 0 aromatic heterocycles. The Bertz CT molecular complexity index is 869. The minimum Gasteiger partial charge on any atom is -0.358 e. The van der Waals surface area contributed by atoms with Gasteiger partial charge in [0.15, 0.2) is 0 Å². The Labute approximate surface area is 202 Å². The molecule has 0 aliphatic heterocycles. The summed E-state index contributed by atoms with van der Waals surface area (Å²) in [6.45, 7) is 0. The summed E-state index contributed by atoms with van der Waals surface area (Å²) < 4.78 is 3.34. The fourth-order valence-corrected chi connectivity index (χ4v) is 2.59. The molecule has 4 aromatic carbocycles. The van der Waals surface area contributed by atoms with Gasteiger partial charge in [0.2, 0.25) is 0 Å². The summed E-state index contributed by atoms with van der Waals surface area (Å²) in [5, 5.41) is 5.39. The van der Waals surface area contributed by atoms with E-state index in [1.54, 1.807) is 0 Å². The van der Waals surface area contributed by atoms with Crippen molar-refractivity contribution in [2.45, 2.75) is 6.42 Å². The molecule has 0 heterocycles. The van der Waals surface area contributed by atoms with Gasteiger partial charge in [-0.3, -0.25) is 6.08 Å². The van der Waals surface area contributed by atoms with Crippen molar-refractivity contribution in [3.63, 3.8) is 0 Å². The third kappa shape index (κ3) is 10.1. The van der Waals surface area contributed by atoms with Gasteiger partial charge in [-0.15, -0.1) is 71.0 Å². The predicted octanol–water partition coefficient (Wildman–Crippen LogP) is 7.76. The van der Waals surface area contributed by atoms with E-state index in [1.807, 2.05) is 42.5 Å². The first kappa shape index (κ1) is 29.5. The SMILES string of the molecule is Cl.Cl.[C-]1=CC=CC1.[CH2]=[Zr].[CH3-].[c-]1ccccc1.c1ccc2c(c1)[cH-]c1ccccc12. The molecule has 0 saturated carbocycles. The van der Waals surface area contributed by atoms with Crippen LogP contribution in [0.3, 0.4) is 0 Å². The topological polar surface area (TPSA) is 0 Å². The van der Waals surface area contributed by atoms with Crippen LogP contribution < -0.4 is 0 Å². The van der Waals surface area contributed by atoms with Crippen molar-refractivity contribution in [1.29, 1.82) is 0 Å². The van der Waals surface area contributed by atoms with Gasteiger partial charge in [-0.2, -0.15) is 42.5 Å². The molecule has 0 atom stereocenters. The van der Waals surface area contributed by atoms with Crippen LogP contribution in [0.4, 0.5) is 0 Å². The molecular formula is C26H26Cl2Zr-4. The molecule has 0 spiro atoms. The second-order valence-electron chi connectivity index (χ2n) is 5.40. The maximum absolute atomic E-state index is 3.34. The van der Waals surface area contributed by atoms with Crippen LogP contribution in [0, 0.1) is 19.6 Å². The van der Waals surface area contributed by atoms with Crippen molar-refractivity contribution < 1.29 is 24.2 Å². The summed E-state index contributed by atoms with van der Waals surface area (Å²) in [6, 6.07) is 31.8. The minimum atomic E-state index is 0. The Morgan fingerprint density at radius 3 is 1.59 bits per heavy atom. The van der Waals surface area contributed by atoms with Crippen LogP contribution in [-0.2, 0) is 24.2 Å². The molecule has 1 aliphatic carbocycles. The molecule has 152 valence electrons. The molecule has 0 saturated heterocycles. The normalized spacial score (nSPS) is 9.76. The zero-order valence-electron chi connectivity index (χ0n) is 16.5. The maximum Gasteiger partial charge on any atom is -0.0771 e. The maximum atomic E-state index is 3.34. The van der Waals surface area contributed by atoms with Crippen LogP contribution in [0.1, 0.15) is 6.42 Å². The smallest absolute Gasteiger partial charge is 0.0771 e. The van der Waals surface area contributed by atoms with E-state index in [9.17, 15) is 0 Å². The Morgan fingerprint density at radius 2 is 1.28 bits per heavy atom. The van der Waals surface area contributed by atoms with Gasteiger partial charge < -0.3 is 7.43 Å². The number of rotatable bonds is 0. The summed E-state index contributed by atoms with van der Waals surface area (Å²) in [5.74, 6) is 0. The minimum absolute atomic E-state index is 0. The molecule has 5 rings (SSSR count). The van der Waals surface area contributed by atoms with Gasteiger partial charge in [-0.05, 0) is 0 Å². The van der Waals surface area contributed by atoms with Gasteiger partial charge in [0, 0.05) is 0 Å². The molecule has 0 N–H and O–H groups in total. The number of fused-ring (bicyclic) bond motifs is 3. The number of benzene rings is 3. The Morgan fingerprint density at radius 1 is 0.759 bits per heavy atom. The van der Waals surface area contributed by atoms with E-state index in [2.05, 4.69) is 77.0 Å². The zero-order chi connectivity index (χ0) is 18.5. The average Bonchev–Trinajstić information content (AvgIpc) is 3.43. The molecule has 0 unspecified atom stereocenters. The van der Waals surface area contributed by atoms with E-state index >= 15 is 0 Å². The number of hydrogen-bond acceptors (Lipinski definition) is 0. The second kappa shape index (κ2) is 18.4. The van der Waals surface area contributed by atoms with Gasteiger partial charge in [-0.1, -0.05) is 36.4 Å². The van der Waals surface area contributed by atoms with Crippen molar-refractivity contribution >= 4 is 50.6 Å². The molecule has 29 heavy (non-hydrogen) atoms. The number of hydrogen-bond donors (Lipinski definition) is 0.